The van der Waals surface area contributed by atoms with Crippen molar-refractivity contribution in [1.82, 2.24) is 11.0 Å². The van der Waals surface area contributed by atoms with Crippen LogP contribution in [0.3, 0.4) is 0 Å². The predicted molar refractivity (Wildman–Crippen MR) is 110 cm³/mol. The SMILES string of the molecule is CC(=O)C(CCCCONC(=O)c1cc[c]cc1)(ONC(=O)c1cc[c]cc1)C(C)=O. The Morgan fingerprint density at radius 1 is 0.806 bits per heavy atom. The average molecular weight is 424 g/mol. The molecule has 8 heteroatoms. The van der Waals surface area contributed by atoms with Crippen LogP contribution in [0.25, 0.3) is 0 Å². The molecule has 0 spiro atoms. The molecule has 2 aromatic rings. The number of amides is 2. The number of hydrogen-bond acceptors (Lipinski definition) is 6. The zero-order valence-electron chi connectivity index (χ0n) is 17.4. The van der Waals surface area contributed by atoms with E-state index in [1.807, 2.05) is 0 Å². The van der Waals surface area contributed by atoms with Crippen molar-refractivity contribution in [2.45, 2.75) is 38.7 Å². The Bertz CT molecular complexity index is 885. The van der Waals surface area contributed by atoms with Gasteiger partial charge in [-0.05, 0) is 69.5 Å². The van der Waals surface area contributed by atoms with Gasteiger partial charge >= 0.3 is 0 Å². The molecule has 0 atom stereocenters. The predicted octanol–water partition coefficient (Wildman–Crippen LogP) is 2.40. The smallest absolute Gasteiger partial charge is 0.274 e. The van der Waals surface area contributed by atoms with Gasteiger partial charge in [0.15, 0.2) is 11.6 Å². The zero-order valence-corrected chi connectivity index (χ0v) is 17.4. The van der Waals surface area contributed by atoms with E-state index in [9.17, 15) is 19.2 Å². The van der Waals surface area contributed by atoms with E-state index in [0.29, 0.717) is 24.0 Å². The summed E-state index contributed by atoms with van der Waals surface area (Å²) in [7, 11) is 0. The molecule has 0 fully saturated rings. The van der Waals surface area contributed by atoms with Crippen LogP contribution in [0.15, 0.2) is 48.5 Å². The first-order valence-electron chi connectivity index (χ1n) is 9.71. The van der Waals surface area contributed by atoms with Crippen LogP contribution in [-0.2, 0) is 19.3 Å². The Kier molecular flexibility index (Phi) is 9.05. The maximum Gasteiger partial charge on any atom is 0.274 e. The lowest BCUT2D eigenvalue weighted by atomic mass is 9.89. The van der Waals surface area contributed by atoms with Gasteiger partial charge in [-0.25, -0.2) is 11.0 Å². The van der Waals surface area contributed by atoms with Crippen LogP contribution in [-0.4, -0.2) is 35.6 Å². The van der Waals surface area contributed by atoms with Gasteiger partial charge < -0.3 is 0 Å². The fourth-order valence-electron chi connectivity index (χ4n) is 2.79. The Morgan fingerprint density at radius 2 is 1.29 bits per heavy atom. The molecule has 8 nitrogen and oxygen atoms in total. The summed E-state index contributed by atoms with van der Waals surface area (Å²) >= 11 is 0. The molecule has 2 N–H and O–H groups in total. The van der Waals surface area contributed by atoms with Crippen LogP contribution in [0.2, 0.25) is 0 Å². The summed E-state index contributed by atoms with van der Waals surface area (Å²) in [5.41, 5.74) is 3.48. The Hall–Kier alpha value is -3.36. The molecule has 0 aliphatic heterocycles. The van der Waals surface area contributed by atoms with E-state index < -0.39 is 23.1 Å². The number of hydroxylamine groups is 2. The average Bonchev–Trinajstić information content (AvgIpc) is 2.78. The molecule has 0 aromatic heterocycles. The van der Waals surface area contributed by atoms with Gasteiger partial charge in [0, 0.05) is 11.1 Å². The largest absolute Gasteiger partial charge is 0.296 e. The maximum absolute atomic E-state index is 12.2. The number of unbranched alkanes of at least 4 members (excludes halogenated alkanes) is 1. The highest BCUT2D eigenvalue weighted by atomic mass is 16.7. The van der Waals surface area contributed by atoms with Gasteiger partial charge in [-0.3, -0.25) is 28.9 Å². The van der Waals surface area contributed by atoms with Crippen molar-refractivity contribution in [2.24, 2.45) is 0 Å². The Balaban J connectivity index is 1.83. The topological polar surface area (TPSA) is 111 Å². The standard InChI is InChI=1S/C23H24N2O6/c1-17(26)23(18(2)27,31-25-22(29)20-13-7-4-8-14-20)15-9-10-16-30-24-21(28)19-11-5-3-6-12-19/h5-8,11-14H,9-10,15-16H2,1-2H3,(H,24,28)(H,25,29). The lowest BCUT2D eigenvalue weighted by molar-refractivity contribution is -0.164. The zero-order chi connectivity index (χ0) is 22.7. The molecule has 2 aromatic carbocycles. The summed E-state index contributed by atoms with van der Waals surface area (Å²) in [5, 5.41) is 0. The van der Waals surface area contributed by atoms with Crippen LogP contribution in [0, 0.1) is 12.1 Å². The molecule has 2 rings (SSSR count). The number of carbonyl (C=O) groups is 4. The molecule has 0 bridgehead atoms. The van der Waals surface area contributed by atoms with Crippen molar-refractivity contribution in [1.29, 1.82) is 0 Å². The van der Waals surface area contributed by atoms with E-state index in [1.54, 1.807) is 36.4 Å². The van der Waals surface area contributed by atoms with Gasteiger partial charge in [0.25, 0.3) is 11.8 Å². The minimum absolute atomic E-state index is 0.0480. The second-order valence-corrected chi connectivity index (χ2v) is 6.79. The number of Topliss-reactive ketones (excluding diaryl/α,β-unsaturated/α-hetero) is 2. The van der Waals surface area contributed by atoms with Gasteiger partial charge in [0.05, 0.1) is 6.61 Å². The fraction of sp³-hybridized carbons (Fsp3) is 0.304. The molecule has 0 saturated carbocycles. The number of rotatable bonds is 12. The summed E-state index contributed by atoms with van der Waals surface area (Å²) < 4.78 is 0. The first-order valence-corrected chi connectivity index (χ1v) is 9.71. The fourth-order valence-corrected chi connectivity index (χ4v) is 2.79. The molecule has 2 amide bonds. The highest BCUT2D eigenvalue weighted by Crippen LogP contribution is 2.22. The maximum atomic E-state index is 12.2. The van der Waals surface area contributed by atoms with E-state index in [0.717, 1.165) is 0 Å². The van der Waals surface area contributed by atoms with E-state index in [2.05, 4.69) is 23.1 Å². The van der Waals surface area contributed by atoms with Crippen LogP contribution >= 0.6 is 0 Å². The molecule has 0 aliphatic rings. The monoisotopic (exact) mass is 424 g/mol. The second kappa shape index (κ2) is 11.7. The van der Waals surface area contributed by atoms with E-state index in [4.69, 9.17) is 9.68 Å². The van der Waals surface area contributed by atoms with Crippen LogP contribution in [0.1, 0.15) is 53.8 Å². The first-order chi connectivity index (χ1) is 14.9. The minimum Gasteiger partial charge on any atom is -0.296 e. The Morgan fingerprint density at radius 3 is 1.77 bits per heavy atom. The summed E-state index contributed by atoms with van der Waals surface area (Å²) in [5.74, 6) is -2.00. The summed E-state index contributed by atoms with van der Waals surface area (Å²) in [6.45, 7) is 2.64. The molecule has 0 unspecified atom stereocenters. The lowest BCUT2D eigenvalue weighted by Crippen LogP contribution is -2.51. The first kappa shape index (κ1) is 23.9. The lowest BCUT2D eigenvalue weighted by Gasteiger charge is -2.28. The number of benzene rings is 2. The van der Waals surface area contributed by atoms with Crippen LogP contribution < -0.4 is 11.0 Å². The highest BCUT2D eigenvalue weighted by Gasteiger charge is 2.42. The normalized spacial score (nSPS) is 10.9. The van der Waals surface area contributed by atoms with Gasteiger partial charge in [-0.2, -0.15) is 0 Å². The van der Waals surface area contributed by atoms with E-state index in [-0.39, 0.29) is 18.9 Å². The van der Waals surface area contributed by atoms with Gasteiger partial charge in [-0.15, -0.1) is 0 Å². The third kappa shape index (κ3) is 6.84. The van der Waals surface area contributed by atoms with Gasteiger partial charge in [0.2, 0.25) is 5.60 Å². The quantitative estimate of drug-likeness (QED) is 0.308. The number of nitrogens with one attached hydrogen (secondary N) is 2. The number of carbonyl (C=O) groups excluding carboxylic acids is 4. The molecule has 0 heterocycles. The molecular formula is C23H24N2O6. The van der Waals surface area contributed by atoms with Gasteiger partial charge in [-0.1, -0.05) is 24.3 Å². The van der Waals surface area contributed by atoms with Crippen LogP contribution in [0.5, 0.6) is 0 Å². The molecular weight excluding hydrogens is 400 g/mol. The van der Waals surface area contributed by atoms with E-state index in [1.165, 1.54) is 26.0 Å². The Labute approximate surface area is 180 Å². The number of ketones is 2. The number of hydrogen-bond donors (Lipinski definition) is 2. The molecule has 0 saturated heterocycles. The van der Waals surface area contributed by atoms with Gasteiger partial charge in [0.1, 0.15) is 0 Å². The molecule has 162 valence electrons. The molecule has 2 radical (unpaired) electrons. The summed E-state index contributed by atoms with van der Waals surface area (Å²) in [6.07, 6.45) is 0.870. The second-order valence-electron chi connectivity index (χ2n) is 6.79. The van der Waals surface area contributed by atoms with Crippen molar-refractivity contribution in [3.8, 4) is 0 Å². The van der Waals surface area contributed by atoms with Crippen molar-refractivity contribution in [3.63, 3.8) is 0 Å². The van der Waals surface area contributed by atoms with Crippen LogP contribution in [0.4, 0.5) is 0 Å². The third-order valence-electron chi connectivity index (χ3n) is 4.61. The van der Waals surface area contributed by atoms with Crippen molar-refractivity contribution in [3.05, 3.63) is 71.8 Å². The van der Waals surface area contributed by atoms with E-state index >= 15 is 0 Å². The van der Waals surface area contributed by atoms with Crippen molar-refractivity contribution >= 4 is 23.4 Å². The summed E-state index contributed by atoms with van der Waals surface area (Å²) in [6, 6.07) is 18.2. The minimum atomic E-state index is -1.79. The highest BCUT2D eigenvalue weighted by molar-refractivity contribution is 6.08. The molecule has 31 heavy (non-hydrogen) atoms. The van der Waals surface area contributed by atoms with Crippen molar-refractivity contribution < 1.29 is 28.9 Å². The summed E-state index contributed by atoms with van der Waals surface area (Å²) in [4.78, 5) is 59.0. The van der Waals surface area contributed by atoms with Crippen molar-refractivity contribution in [2.75, 3.05) is 6.61 Å². The third-order valence-corrected chi connectivity index (χ3v) is 4.61. The molecule has 0 aliphatic carbocycles.